The van der Waals surface area contributed by atoms with E-state index in [4.69, 9.17) is 4.42 Å². The smallest absolute Gasteiger partial charge is 0.171 e. The van der Waals surface area contributed by atoms with E-state index in [0.29, 0.717) is 11.2 Å². The van der Waals surface area contributed by atoms with Crippen LogP contribution in [0.15, 0.2) is 40.8 Å². The van der Waals surface area contributed by atoms with E-state index in [1.165, 1.54) is 6.07 Å². The summed E-state index contributed by atoms with van der Waals surface area (Å²) in [7, 11) is 0. The molecule has 0 atom stereocenters. The number of furan rings is 1. The number of para-hydroxylation sites is 1. The number of fused-ring (bicyclic) bond motifs is 3. The molecule has 0 spiro atoms. The second-order valence-corrected chi connectivity index (χ2v) is 3.14. The van der Waals surface area contributed by atoms with Gasteiger partial charge < -0.3 is 4.42 Å². The van der Waals surface area contributed by atoms with Gasteiger partial charge in [-0.05, 0) is 24.3 Å². The van der Waals surface area contributed by atoms with Crippen LogP contribution in [0, 0.1) is 11.9 Å². The van der Waals surface area contributed by atoms with E-state index < -0.39 is 0 Å². The Labute approximate surface area is 79.8 Å². The highest BCUT2D eigenvalue weighted by molar-refractivity contribution is 6.04. The lowest BCUT2D eigenvalue weighted by Crippen LogP contribution is -1.72. The molecule has 1 nitrogen and oxygen atoms in total. The average Bonchev–Trinajstić information content (AvgIpc) is 2.59. The van der Waals surface area contributed by atoms with Gasteiger partial charge in [-0.1, -0.05) is 18.2 Å². The quantitative estimate of drug-likeness (QED) is 0.522. The van der Waals surface area contributed by atoms with Crippen molar-refractivity contribution >= 4 is 21.9 Å². The summed E-state index contributed by atoms with van der Waals surface area (Å²) in [4.78, 5) is 0. The van der Waals surface area contributed by atoms with Gasteiger partial charge in [0.05, 0.1) is 0 Å². The Bertz CT molecular complexity index is 610. The second kappa shape index (κ2) is 2.58. The standard InChI is InChI=1S/C12H6FO/c13-10-6-3-5-9-8-4-1-2-7-11(8)14-12(9)10/h1-2,4-7H. The van der Waals surface area contributed by atoms with Gasteiger partial charge in [0, 0.05) is 10.8 Å². The Kier molecular flexibility index (Phi) is 1.39. The maximum Gasteiger partial charge on any atom is 0.171 e. The summed E-state index contributed by atoms with van der Waals surface area (Å²) in [5, 5.41) is 1.71. The number of halogens is 1. The number of hydrogen-bond donors (Lipinski definition) is 0. The minimum absolute atomic E-state index is 0.310. The molecule has 1 aromatic heterocycles. The van der Waals surface area contributed by atoms with Gasteiger partial charge in [0.1, 0.15) is 5.58 Å². The number of benzene rings is 2. The molecular formula is C12H6FO. The van der Waals surface area contributed by atoms with Gasteiger partial charge in [0.25, 0.3) is 0 Å². The summed E-state index contributed by atoms with van der Waals surface area (Å²) in [6.45, 7) is 0. The molecule has 1 radical (unpaired) electrons. The molecule has 0 N–H and O–H groups in total. The lowest BCUT2D eigenvalue weighted by molar-refractivity contribution is 0.584. The molecule has 0 amide bonds. The molecule has 0 aliphatic carbocycles. The van der Waals surface area contributed by atoms with Crippen molar-refractivity contribution < 1.29 is 8.81 Å². The molecular weight excluding hydrogens is 179 g/mol. The number of rotatable bonds is 0. The van der Waals surface area contributed by atoms with Crippen LogP contribution >= 0.6 is 0 Å². The molecule has 0 saturated heterocycles. The van der Waals surface area contributed by atoms with Crippen molar-refractivity contribution in [2.24, 2.45) is 0 Å². The fraction of sp³-hybridized carbons (Fsp3) is 0. The predicted octanol–water partition coefficient (Wildman–Crippen LogP) is 3.53. The Morgan fingerprint density at radius 1 is 1.07 bits per heavy atom. The molecule has 14 heavy (non-hydrogen) atoms. The molecule has 0 saturated carbocycles. The van der Waals surface area contributed by atoms with Crippen LogP contribution in [0.1, 0.15) is 0 Å². The maximum absolute atomic E-state index is 13.3. The highest BCUT2D eigenvalue weighted by Gasteiger charge is 2.08. The Morgan fingerprint density at radius 2 is 1.93 bits per heavy atom. The molecule has 2 aromatic carbocycles. The van der Waals surface area contributed by atoms with Crippen molar-refractivity contribution in [3.63, 3.8) is 0 Å². The van der Waals surface area contributed by atoms with Crippen molar-refractivity contribution in [1.29, 1.82) is 0 Å². The van der Waals surface area contributed by atoms with Crippen LogP contribution in [-0.2, 0) is 0 Å². The Hall–Kier alpha value is -1.83. The van der Waals surface area contributed by atoms with Crippen LogP contribution in [0.5, 0.6) is 0 Å². The highest BCUT2D eigenvalue weighted by atomic mass is 19.1. The van der Waals surface area contributed by atoms with Crippen LogP contribution in [0.3, 0.4) is 0 Å². The summed E-state index contributed by atoms with van der Waals surface area (Å²) in [6.07, 6.45) is 0. The number of hydrogen-bond acceptors (Lipinski definition) is 1. The first-order chi connectivity index (χ1) is 6.86. The molecule has 67 valence electrons. The minimum atomic E-state index is -0.362. The first-order valence-electron chi connectivity index (χ1n) is 4.33. The van der Waals surface area contributed by atoms with Crippen molar-refractivity contribution in [2.45, 2.75) is 0 Å². The van der Waals surface area contributed by atoms with E-state index in [1.54, 1.807) is 6.07 Å². The molecule has 3 aromatic rings. The van der Waals surface area contributed by atoms with Gasteiger partial charge in [-0.25, -0.2) is 4.39 Å². The Morgan fingerprint density at radius 3 is 2.86 bits per heavy atom. The maximum atomic E-state index is 13.3. The van der Waals surface area contributed by atoms with Crippen LogP contribution in [0.4, 0.5) is 4.39 Å². The van der Waals surface area contributed by atoms with Crippen LogP contribution in [0.2, 0.25) is 0 Å². The zero-order valence-electron chi connectivity index (χ0n) is 7.25. The summed E-state index contributed by atoms with van der Waals surface area (Å²) >= 11 is 0. The first kappa shape index (κ1) is 7.56. The van der Waals surface area contributed by atoms with E-state index in [9.17, 15) is 4.39 Å². The molecule has 0 fully saturated rings. The predicted molar refractivity (Wildman–Crippen MR) is 52.5 cm³/mol. The van der Waals surface area contributed by atoms with Crippen molar-refractivity contribution in [3.8, 4) is 0 Å². The van der Waals surface area contributed by atoms with E-state index in [2.05, 4.69) is 6.07 Å². The lowest BCUT2D eigenvalue weighted by Gasteiger charge is -1.87. The monoisotopic (exact) mass is 185 g/mol. The molecule has 0 unspecified atom stereocenters. The van der Waals surface area contributed by atoms with Gasteiger partial charge >= 0.3 is 0 Å². The van der Waals surface area contributed by atoms with Gasteiger partial charge in [0.15, 0.2) is 11.4 Å². The molecule has 0 aliphatic heterocycles. The Balaban J connectivity index is 2.63. The molecule has 0 bridgehead atoms. The van der Waals surface area contributed by atoms with E-state index >= 15 is 0 Å². The third-order valence-electron chi connectivity index (χ3n) is 2.29. The summed E-state index contributed by atoms with van der Waals surface area (Å²) in [5.74, 6) is -0.362. The van der Waals surface area contributed by atoms with Gasteiger partial charge in [-0.15, -0.1) is 0 Å². The normalized spacial score (nSPS) is 11.2. The zero-order chi connectivity index (χ0) is 9.54. The van der Waals surface area contributed by atoms with Gasteiger partial charge in [0.2, 0.25) is 0 Å². The van der Waals surface area contributed by atoms with Gasteiger partial charge in [-0.2, -0.15) is 0 Å². The van der Waals surface area contributed by atoms with E-state index in [0.717, 1.165) is 10.8 Å². The third-order valence-corrected chi connectivity index (χ3v) is 2.29. The molecule has 1 heterocycles. The fourth-order valence-electron chi connectivity index (χ4n) is 1.65. The van der Waals surface area contributed by atoms with Crippen molar-refractivity contribution in [1.82, 2.24) is 0 Å². The fourth-order valence-corrected chi connectivity index (χ4v) is 1.65. The van der Waals surface area contributed by atoms with Crippen LogP contribution in [0.25, 0.3) is 21.9 Å². The van der Waals surface area contributed by atoms with Crippen LogP contribution < -0.4 is 0 Å². The average molecular weight is 185 g/mol. The lowest BCUT2D eigenvalue weighted by atomic mass is 10.1. The molecule has 0 aliphatic rings. The van der Waals surface area contributed by atoms with E-state index in [1.807, 2.05) is 24.3 Å². The van der Waals surface area contributed by atoms with Crippen molar-refractivity contribution in [2.75, 3.05) is 0 Å². The third kappa shape index (κ3) is 0.880. The first-order valence-corrected chi connectivity index (χ1v) is 4.33. The topological polar surface area (TPSA) is 13.1 Å². The second-order valence-electron chi connectivity index (χ2n) is 3.14. The summed E-state index contributed by atoms with van der Waals surface area (Å²) < 4.78 is 18.7. The summed E-state index contributed by atoms with van der Waals surface area (Å²) in [5.41, 5.74) is 1.02. The van der Waals surface area contributed by atoms with Gasteiger partial charge in [-0.3, -0.25) is 0 Å². The summed E-state index contributed by atoms with van der Waals surface area (Å²) in [6, 6.07) is 13.3. The highest BCUT2D eigenvalue weighted by Crippen LogP contribution is 2.29. The zero-order valence-corrected chi connectivity index (χ0v) is 7.25. The largest absolute Gasteiger partial charge is 0.453 e. The minimum Gasteiger partial charge on any atom is -0.453 e. The SMILES string of the molecule is Fc1c[c]cc2c1oc1ccccc12. The molecule has 2 heteroatoms. The van der Waals surface area contributed by atoms with Crippen molar-refractivity contribution in [3.05, 3.63) is 48.3 Å². The van der Waals surface area contributed by atoms with E-state index in [-0.39, 0.29) is 5.82 Å². The van der Waals surface area contributed by atoms with Crippen LogP contribution in [-0.4, -0.2) is 0 Å². The molecule has 3 rings (SSSR count).